The molecule has 102 valence electrons. The molecule has 3 nitrogen and oxygen atoms in total. The number of hydrogen-bond donors (Lipinski definition) is 1. The van der Waals surface area contributed by atoms with Crippen molar-refractivity contribution in [3.05, 3.63) is 15.9 Å². The summed E-state index contributed by atoms with van der Waals surface area (Å²) >= 11 is 3.61. The predicted octanol–water partition coefficient (Wildman–Crippen LogP) is 3.55. The van der Waals surface area contributed by atoms with Crippen LogP contribution in [0.2, 0.25) is 0 Å². The molecule has 0 unspecified atom stereocenters. The van der Waals surface area contributed by atoms with Gasteiger partial charge in [0, 0.05) is 13.6 Å². The fourth-order valence-corrected chi connectivity index (χ4v) is 3.34. The first kappa shape index (κ1) is 14.1. The smallest absolute Gasteiger partial charge is 0.0739 e. The van der Waals surface area contributed by atoms with Gasteiger partial charge in [-0.15, -0.1) is 0 Å². The van der Waals surface area contributed by atoms with E-state index in [1.807, 2.05) is 18.7 Å². The lowest BCUT2D eigenvalue weighted by Crippen LogP contribution is -2.20. The number of aryl methyl sites for hydroxylation is 2. The third kappa shape index (κ3) is 3.58. The molecule has 0 saturated heterocycles. The van der Waals surface area contributed by atoms with Gasteiger partial charge in [0.15, 0.2) is 0 Å². The molecule has 1 fully saturated rings. The maximum Gasteiger partial charge on any atom is 0.0739 e. The van der Waals surface area contributed by atoms with E-state index < -0.39 is 0 Å². The van der Waals surface area contributed by atoms with Gasteiger partial charge in [-0.2, -0.15) is 5.10 Å². The van der Waals surface area contributed by atoms with Gasteiger partial charge < -0.3 is 5.32 Å². The maximum atomic E-state index is 4.41. The molecule has 0 amide bonds. The van der Waals surface area contributed by atoms with Crippen LogP contribution < -0.4 is 5.32 Å². The van der Waals surface area contributed by atoms with E-state index in [0.717, 1.165) is 29.2 Å². The fraction of sp³-hybridized carbons (Fsp3) is 0.786. The second-order valence-corrected chi connectivity index (χ2v) is 6.23. The Hall–Kier alpha value is -0.350. The Morgan fingerprint density at radius 3 is 2.67 bits per heavy atom. The largest absolute Gasteiger partial charge is 0.311 e. The lowest BCUT2D eigenvalue weighted by Gasteiger charge is -2.21. The van der Waals surface area contributed by atoms with Gasteiger partial charge in [-0.3, -0.25) is 4.68 Å². The molecule has 0 atom stereocenters. The van der Waals surface area contributed by atoms with Gasteiger partial charge in [-0.05, 0) is 41.7 Å². The van der Waals surface area contributed by atoms with Crippen LogP contribution in [0.3, 0.4) is 0 Å². The molecular formula is C14H24BrN3. The monoisotopic (exact) mass is 313 g/mol. The van der Waals surface area contributed by atoms with E-state index in [9.17, 15) is 0 Å². The molecule has 1 N–H and O–H groups in total. The van der Waals surface area contributed by atoms with E-state index in [-0.39, 0.29) is 0 Å². The van der Waals surface area contributed by atoms with E-state index in [1.165, 1.54) is 44.2 Å². The average Bonchev–Trinajstić information content (AvgIpc) is 2.61. The minimum absolute atomic E-state index is 0.907. The summed E-state index contributed by atoms with van der Waals surface area (Å²) in [6, 6.07) is 0. The van der Waals surface area contributed by atoms with E-state index in [0.29, 0.717) is 0 Å². The molecule has 18 heavy (non-hydrogen) atoms. The maximum absolute atomic E-state index is 4.41. The highest BCUT2D eigenvalue weighted by atomic mass is 79.9. The Labute approximate surface area is 118 Å². The molecule has 0 radical (unpaired) electrons. The topological polar surface area (TPSA) is 29.9 Å². The summed E-state index contributed by atoms with van der Waals surface area (Å²) in [6.45, 7) is 4.07. The van der Waals surface area contributed by atoms with Crippen molar-refractivity contribution >= 4 is 15.9 Å². The van der Waals surface area contributed by atoms with Crippen molar-refractivity contribution < 1.29 is 0 Å². The first-order valence-corrected chi connectivity index (χ1v) is 7.86. The lowest BCUT2D eigenvalue weighted by molar-refractivity contribution is 0.333. The Morgan fingerprint density at radius 2 is 2.06 bits per heavy atom. The zero-order valence-electron chi connectivity index (χ0n) is 11.5. The highest BCUT2D eigenvalue weighted by molar-refractivity contribution is 9.10. The summed E-state index contributed by atoms with van der Waals surface area (Å²) in [5.41, 5.74) is 2.32. The van der Waals surface area contributed by atoms with E-state index in [2.05, 4.69) is 26.3 Å². The number of rotatable bonds is 5. The second kappa shape index (κ2) is 6.71. The first-order chi connectivity index (χ1) is 8.68. The average molecular weight is 314 g/mol. The molecule has 2 rings (SSSR count). The fourth-order valence-electron chi connectivity index (χ4n) is 2.86. The van der Waals surface area contributed by atoms with Crippen LogP contribution in [0.15, 0.2) is 4.47 Å². The molecule has 1 aromatic heterocycles. The lowest BCUT2D eigenvalue weighted by atomic mass is 9.87. The third-order valence-electron chi connectivity index (χ3n) is 4.01. The summed E-state index contributed by atoms with van der Waals surface area (Å²) in [5, 5.41) is 7.96. The molecule has 1 aromatic rings. The van der Waals surface area contributed by atoms with Crippen LogP contribution in [-0.2, 0) is 13.6 Å². The van der Waals surface area contributed by atoms with Crippen LogP contribution in [-0.4, -0.2) is 16.3 Å². The van der Waals surface area contributed by atoms with Gasteiger partial charge in [0.1, 0.15) is 0 Å². The quantitative estimate of drug-likeness (QED) is 0.842. The minimum Gasteiger partial charge on any atom is -0.311 e. The summed E-state index contributed by atoms with van der Waals surface area (Å²) in [4.78, 5) is 0. The Kier molecular flexibility index (Phi) is 5.25. The molecule has 0 spiro atoms. The van der Waals surface area contributed by atoms with Crippen LogP contribution in [0.1, 0.15) is 49.9 Å². The zero-order valence-corrected chi connectivity index (χ0v) is 13.1. The van der Waals surface area contributed by atoms with E-state index >= 15 is 0 Å². The molecule has 0 bridgehead atoms. The Balaban J connectivity index is 1.71. The Morgan fingerprint density at radius 1 is 1.33 bits per heavy atom. The third-order valence-corrected chi connectivity index (χ3v) is 5.04. The van der Waals surface area contributed by atoms with Crippen LogP contribution in [0.4, 0.5) is 0 Å². The standard InChI is InChI=1S/C14H24BrN3/c1-11-14(15)13(18(2)17-11)10-16-9-8-12-6-4-3-5-7-12/h12,16H,3-10H2,1-2H3. The Bertz CT molecular complexity index is 381. The van der Waals surface area contributed by atoms with Crippen molar-refractivity contribution in [3.8, 4) is 0 Å². The molecule has 4 heteroatoms. The van der Waals surface area contributed by atoms with Crippen molar-refractivity contribution in [1.29, 1.82) is 0 Å². The summed E-state index contributed by atoms with van der Waals surface area (Å²) < 4.78 is 3.11. The number of halogens is 1. The van der Waals surface area contributed by atoms with Crippen LogP contribution in [0, 0.1) is 12.8 Å². The van der Waals surface area contributed by atoms with Gasteiger partial charge >= 0.3 is 0 Å². The van der Waals surface area contributed by atoms with Crippen LogP contribution >= 0.6 is 15.9 Å². The van der Waals surface area contributed by atoms with Gasteiger partial charge in [-0.25, -0.2) is 0 Å². The van der Waals surface area contributed by atoms with Crippen LogP contribution in [0.25, 0.3) is 0 Å². The number of hydrogen-bond acceptors (Lipinski definition) is 2. The highest BCUT2D eigenvalue weighted by Gasteiger charge is 2.13. The molecular weight excluding hydrogens is 290 g/mol. The van der Waals surface area contributed by atoms with Gasteiger partial charge in [-0.1, -0.05) is 32.1 Å². The summed E-state index contributed by atoms with van der Waals surface area (Å²) in [5.74, 6) is 0.961. The first-order valence-electron chi connectivity index (χ1n) is 7.07. The molecule has 1 saturated carbocycles. The summed E-state index contributed by atoms with van der Waals surface area (Å²) in [6.07, 6.45) is 8.54. The number of nitrogens with zero attached hydrogens (tertiary/aromatic N) is 2. The molecule has 1 heterocycles. The van der Waals surface area contributed by atoms with E-state index in [4.69, 9.17) is 0 Å². The van der Waals surface area contributed by atoms with Gasteiger partial charge in [0.05, 0.1) is 15.9 Å². The van der Waals surface area contributed by atoms with Crippen molar-refractivity contribution in [2.45, 2.75) is 52.0 Å². The van der Waals surface area contributed by atoms with Crippen molar-refractivity contribution in [1.82, 2.24) is 15.1 Å². The second-order valence-electron chi connectivity index (χ2n) is 5.44. The van der Waals surface area contributed by atoms with Crippen molar-refractivity contribution in [2.24, 2.45) is 13.0 Å². The SMILES string of the molecule is Cc1nn(C)c(CNCCC2CCCCC2)c1Br. The molecule has 0 aromatic carbocycles. The number of aromatic nitrogens is 2. The number of nitrogens with one attached hydrogen (secondary N) is 1. The van der Waals surface area contributed by atoms with E-state index in [1.54, 1.807) is 0 Å². The molecule has 0 aliphatic heterocycles. The minimum atomic E-state index is 0.907. The zero-order chi connectivity index (χ0) is 13.0. The van der Waals surface area contributed by atoms with Gasteiger partial charge in [0.25, 0.3) is 0 Å². The van der Waals surface area contributed by atoms with Crippen molar-refractivity contribution in [3.63, 3.8) is 0 Å². The normalized spacial score (nSPS) is 17.3. The highest BCUT2D eigenvalue weighted by Crippen LogP contribution is 2.26. The molecule has 1 aliphatic rings. The van der Waals surface area contributed by atoms with Gasteiger partial charge in [0.2, 0.25) is 0 Å². The molecule has 1 aliphatic carbocycles. The van der Waals surface area contributed by atoms with Crippen molar-refractivity contribution in [2.75, 3.05) is 6.54 Å². The summed E-state index contributed by atoms with van der Waals surface area (Å²) in [7, 11) is 2.01. The predicted molar refractivity (Wildman–Crippen MR) is 78.5 cm³/mol. The van der Waals surface area contributed by atoms with Crippen LogP contribution in [0.5, 0.6) is 0 Å².